The van der Waals surface area contributed by atoms with Crippen LogP contribution in [0.4, 0.5) is 5.69 Å². The minimum atomic E-state index is -0.223. The maximum absolute atomic E-state index is 12.2. The Morgan fingerprint density at radius 1 is 1.33 bits per heavy atom. The van der Waals surface area contributed by atoms with Gasteiger partial charge in [0.2, 0.25) is 11.8 Å². The van der Waals surface area contributed by atoms with Crippen LogP contribution in [0.15, 0.2) is 24.3 Å². The molecule has 1 aliphatic heterocycles. The molecule has 2 rings (SSSR count). The highest BCUT2D eigenvalue weighted by atomic mass is 16.2. The van der Waals surface area contributed by atoms with E-state index in [0.717, 1.165) is 30.5 Å². The number of amides is 2. The number of unbranched alkanes of at least 4 members (excludes halogenated alkanes) is 1. The third-order valence-corrected chi connectivity index (χ3v) is 3.99. The van der Waals surface area contributed by atoms with Gasteiger partial charge in [0.05, 0.1) is 5.92 Å². The van der Waals surface area contributed by atoms with Crippen LogP contribution >= 0.6 is 0 Å². The minimum absolute atomic E-state index is 0.00767. The minimum Gasteiger partial charge on any atom is -0.356 e. The average molecular weight is 288 g/mol. The molecule has 0 saturated carbocycles. The summed E-state index contributed by atoms with van der Waals surface area (Å²) in [6.45, 7) is 5.36. The molecule has 1 aliphatic rings. The molecule has 1 aromatic carbocycles. The molecule has 0 aliphatic carbocycles. The van der Waals surface area contributed by atoms with Crippen molar-refractivity contribution in [2.75, 3.05) is 18.0 Å². The Kier molecular flexibility index (Phi) is 5.37. The van der Waals surface area contributed by atoms with Crippen molar-refractivity contribution >= 4 is 17.5 Å². The summed E-state index contributed by atoms with van der Waals surface area (Å²) in [4.78, 5) is 26.1. The summed E-state index contributed by atoms with van der Waals surface area (Å²) < 4.78 is 0. The highest BCUT2D eigenvalue weighted by molar-refractivity contribution is 6.00. The highest BCUT2D eigenvalue weighted by Crippen LogP contribution is 2.28. The fourth-order valence-corrected chi connectivity index (χ4v) is 2.72. The van der Waals surface area contributed by atoms with Crippen LogP contribution in [-0.4, -0.2) is 24.9 Å². The van der Waals surface area contributed by atoms with Crippen molar-refractivity contribution in [2.45, 2.75) is 39.5 Å². The molecule has 0 aromatic heterocycles. The number of hydrogen-bond acceptors (Lipinski definition) is 2. The van der Waals surface area contributed by atoms with E-state index in [1.165, 1.54) is 0 Å². The van der Waals surface area contributed by atoms with E-state index >= 15 is 0 Å². The number of benzene rings is 1. The lowest BCUT2D eigenvalue weighted by molar-refractivity contribution is -0.126. The van der Waals surface area contributed by atoms with Gasteiger partial charge in [-0.1, -0.05) is 38.5 Å². The number of para-hydroxylation sites is 1. The monoisotopic (exact) mass is 288 g/mol. The number of rotatable bonds is 6. The Labute approximate surface area is 126 Å². The smallest absolute Gasteiger partial charge is 0.227 e. The number of anilines is 1. The number of nitrogens with one attached hydrogen (secondary N) is 1. The molecule has 1 unspecified atom stereocenters. The van der Waals surface area contributed by atoms with Gasteiger partial charge in [-0.3, -0.25) is 9.59 Å². The second-order valence-corrected chi connectivity index (χ2v) is 5.53. The van der Waals surface area contributed by atoms with Crippen LogP contribution in [0.2, 0.25) is 0 Å². The maximum Gasteiger partial charge on any atom is 0.227 e. The lowest BCUT2D eigenvalue weighted by atomic mass is 10.1. The molecule has 0 bridgehead atoms. The van der Waals surface area contributed by atoms with E-state index in [1.807, 2.05) is 24.3 Å². The third-order valence-electron chi connectivity index (χ3n) is 3.99. The predicted molar refractivity (Wildman–Crippen MR) is 84.2 cm³/mol. The molecule has 1 fully saturated rings. The topological polar surface area (TPSA) is 49.4 Å². The van der Waals surface area contributed by atoms with Gasteiger partial charge in [-0.2, -0.15) is 0 Å². The molecule has 2 amide bonds. The standard InChI is InChI=1S/C17H24N2O2/c1-3-5-10-18-17(21)14-11-16(20)19(12-14)15-9-7-6-8-13(15)4-2/h6-9,14H,3-5,10-12H2,1-2H3,(H,18,21). The van der Waals surface area contributed by atoms with Gasteiger partial charge in [-0.15, -0.1) is 0 Å². The van der Waals surface area contributed by atoms with Gasteiger partial charge in [0, 0.05) is 25.2 Å². The first-order valence-corrected chi connectivity index (χ1v) is 7.83. The second kappa shape index (κ2) is 7.25. The van der Waals surface area contributed by atoms with E-state index < -0.39 is 0 Å². The van der Waals surface area contributed by atoms with Crippen LogP contribution in [0.1, 0.15) is 38.7 Å². The van der Waals surface area contributed by atoms with Gasteiger partial charge in [0.15, 0.2) is 0 Å². The van der Waals surface area contributed by atoms with E-state index in [9.17, 15) is 9.59 Å². The molecule has 1 N–H and O–H groups in total. The highest BCUT2D eigenvalue weighted by Gasteiger charge is 2.35. The van der Waals surface area contributed by atoms with Crippen LogP contribution in [0.5, 0.6) is 0 Å². The van der Waals surface area contributed by atoms with Gasteiger partial charge in [0.1, 0.15) is 0 Å². The Morgan fingerprint density at radius 3 is 2.81 bits per heavy atom. The zero-order valence-corrected chi connectivity index (χ0v) is 12.9. The lowest BCUT2D eigenvalue weighted by Gasteiger charge is -2.19. The molecule has 4 nitrogen and oxygen atoms in total. The van der Waals surface area contributed by atoms with Crippen molar-refractivity contribution in [3.8, 4) is 0 Å². The van der Waals surface area contributed by atoms with Crippen molar-refractivity contribution in [2.24, 2.45) is 5.92 Å². The van der Waals surface area contributed by atoms with Crippen LogP contribution < -0.4 is 10.2 Å². The van der Waals surface area contributed by atoms with Gasteiger partial charge < -0.3 is 10.2 Å². The molecule has 0 spiro atoms. The van der Waals surface area contributed by atoms with E-state index in [4.69, 9.17) is 0 Å². The van der Waals surface area contributed by atoms with Crippen LogP contribution in [0.25, 0.3) is 0 Å². The van der Waals surface area contributed by atoms with Crippen molar-refractivity contribution in [1.82, 2.24) is 5.32 Å². The Morgan fingerprint density at radius 2 is 2.10 bits per heavy atom. The molecule has 0 radical (unpaired) electrons. The van der Waals surface area contributed by atoms with E-state index in [-0.39, 0.29) is 17.7 Å². The van der Waals surface area contributed by atoms with Crippen LogP contribution in [0.3, 0.4) is 0 Å². The van der Waals surface area contributed by atoms with Crippen molar-refractivity contribution < 1.29 is 9.59 Å². The van der Waals surface area contributed by atoms with Gasteiger partial charge in [0.25, 0.3) is 0 Å². The molecule has 1 aromatic rings. The largest absolute Gasteiger partial charge is 0.356 e. The average Bonchev–Trinajstić information content (AvgIpc) is 2.89. The normalized spacial score (nSPS) is 18.1. The number of carbonyl (C=O) groups is 2. The summed E-state index contributed by atoms with van der Waals surface area (Å²) in [7, 11) is 0. The fourth-order valence-electron chi connectivity index (χ4n) is 2.72. The summed E-state index contributed by atoms with van der Waals surface area (Å²) in [5, 5.41) is 2.93. The fraction of sp³-hybridized carbons (Fsp3) is 0.529. The molecule has 114 valence electrons. The van der Waals surface area contributed by atoms with E-state index in [0.29, 0.717) is 19.5 Å². The SMILES string of the molecule is CCCCNC(=O)C1CC(=O)N(c2ccccc2CC)C1. The number of hydrogen-bond donors (Lipinski definition) is 1. The zero-order valence-electron chi connectivity index (χ0n) is 12.9. The molecule has 1 heterocycles. The molecule has 4 heteroatoms. The molecular weight excluding hydrogens is 264 g/mol. The second-order valence-electron chi connectivity index (χ2n) is 5.53. The van der Waals surface area contributed by atoms with Crippen molar-refractivity contribution in [1.29, 1.82) is 0 Å². The Balaban J connectivity index is 2.04. The molecular formula is C17H24N2O2. The first kappa shape index (κ1) is 15.5. The summed E-state index contributed by atoms with van der Waals surface area (Å²) in [5.74, 6) is -0.168. The van der Waals surface area contributed by atoms with E-state index in [2.05, 4.69) is 19.2 Å². The number of nitrogens with zero attached hydrogens (tertiary/aromatic N) is 1. The Hall–Kier alpha value is -1.84. The Bertz CT molecular complexity index is 513. The maximum atomic E-state index is 12.2. The van der Waals surface area contributed by atoms with Gasteiger partial charge in [-0.05, 0) is 24.5 Å². The van der Waals surface area contributed by atoms with E-state index in [1.54, 1.807) is 4.90 Å². The van der Waals surface area contributed by atoms with Gasteiger partial charge >= 0.3 is 0 Å². The molecule has 1 saturated heterocycles. The number of carbonyl (C=O) groups excluding carboxylic acids is 2. The zero-order chi connectivity index (χ0) is 15.2. The summed E-state index contributed by atoms with van der Waals surface area (Å²) >= 11 is 0. The predicted octanol–water partition coefficient (Wildman–Crippen LogP) is 2.52. The summed E-state index contributed by atoms with van der Waals surface area (Å²) in [6.07, 6.45) is 3.23. The van der Waals surface area contributed by atoms with Gasteiger partial charge in [-0.25, -0.2) is 0 Å². The number of aryl methyl sites for hydroxylation is 1. The molecule has 1 atom stereocenters. The van der Waals surface area contributed by atoms with Crippen molar-refractivity contribution in [3.05, 3.63) is 29.8 Å². The van der Waals surface area contributed by atoms with Crippen LogP contribution in [-0.2, 0) is 16.0 Å². The summed E-state index contributed by atoms with van der Waals surface area (Å²) in [5.41, 5.74) is 2.10. The molecule has 21 heavy (non-hydrogen) atoms. The first-order chi connectivity index (χ1) is 10.2. The first-order valence-electron chi connectivity index (χ1n) is 7.83. The quantitative estimate of drug-likeness (QED) is 0.818. The summed E-state index contributed by atoms with van der Waals surface area (Å²) in [6, 6.07) is 7.93. The van der Waals surface area contributed by atoms with Crippen LogP contribution in [0, 0.1) is 5.92 Å². The van der Waals surface area contributed by atoms with Crippen molar-refractivity contribution in [3.63, 3.8) is 0 Å². The lowest BCUT2D eigenvalue weighted by Crippen LogP contribution is -2.33. The third kappa shape index (κ3) is 3.63.